The molecule has 0 radical (unpaired) electrons. The fourth-order valence-corrected chi connectivity index (χ4v) is 4.63. The van der Waals surface area contributed by atoms with Crippen molar-refractivity contribution in [3.8, 4) is 10.6 Å². The van der Waals surface area contributed by atoms with Gasteiger partial charge in [-0.05, 0) is 62.1 Å². The maximum Gasteiger partial charge on any atom is 0.249 e. The average molecular weight is 494 g/mol. The van der Waals surface area contributed by atoms with Crippen LogP contribution >= 0.6 is 11.3 Å². The second-order valence-electron chi connectivity index (χ2n) is 8.41. The van der Waals surface area contributed by atoms with Crippen LogP contribution in [0.1, 0.15) is 31.2 Å². The highest BCUT2D eigenvalue weighted by molar-refractivity contribution is 7.18. The smallest absolute Gasteiger partial charge is 0.249 e. The predicted molar refractivity (Wildman–Crippen MR) is 135 cm³/mol. The van der Waals surface area contributed by atoms with Crippen molar-refractivity contribution in [2.45, 2.75) is 44.2 Å². The zero-order valence-electron chi connectivity index (χ0n) is 19.2. The third-order valence-electron chi connectivity index (χ3n) is 5.77. The first kappa shape index (κ1) is 24.7. The van der Waals surface area contributed by atoms with Crippen molar-refractivity contribution < 1.29 is 14.0 Å². The van der Waals surface area contributed by atoms with Crippen molar-refractivity contribution in [1.29, 1.82) is 0 Å². The summed E-state index contributed by atoms with van der Waals surface area (Å²) in [5, 5.41) is 18.0. The van der Waals surface area contributed by atoms with Crippen LogP contribution < -0.4 is 16.0 Å². The Morgan fingerprint density at radius 2 is 1.91 bits per heavy atom. The van der Waals surface area contributed by atoms with E-state index in [-0.39, 0.29) is 29.7 Å². The molecule has 3 N–H and O–H groups in total. The minimum atomic E-state index is -0.360. The number of anilines is 1. The van der Waals surface area contributed by atoms with E-state index in [1.807, 2.05) is 30.3 Å². The number of nitrogens with one attached hydrogen (secondary N) is 3. The highest BCUT2D eigenvalue weighted by Gasteiger charge is 2.22. The average Bonchev–Trinajstić information content (AvgIpc) is 3.35. The molecule has 1 aliphatic rings. The molecule has 0 aliphatic carbocycles. The van der Waals surface area contributed by atoms with Crippen LogP contribution in [0.4, 0.5) is 9.52 Å². The lowest BCUT2D eigenvalue weighted by Gasteiger charge is -2.25. The number of hydrogen-bond donors (Lipinski definition) is 3. The van der Waals surface area contributed by atoms with Gasteiger partial charge < -0.3 is 10.6 Å². The standard InChI is InChI=1S/C26H28FN5O2S/c27-20-12-10-19(11-13-20)25-31-32-26(35-25)30-23(33)16-15-21(14-9-18-6-2-1-3-7-18)29-24(34)22-8-4-5-17-28-22/h1-3,6-7,10-13,15-16,21-22,28H,4-5,8-9,14,17H2,(H,29,34)(H,30,32,33)/b16-15+/t21-,22-/m0/s1. The van der Waals surface area contributed by atoms with Gasteiger partial charge in [-0.15, -0.1) is 10.2 Å². The molecule has 7 nitrogen and oxygen atoms in total. The number of carbonyl (C=O) groups is 2. The monoisotopic (exact) mass is 493 g/mol. The van der Waals surface area contributed by atoms with Crippen LogP contribution in [0.15, 0.2) is 66.7 Å². The van der Waals surface area contributed by atoms with Crippen LogP contribution in [-0.4, -0.2) is 40.6 Å². The van der Waals surface area contributed by atoms with Gasteiger partial charge in [-0.25, -0.2) is 4.39 Å². The summed E-state index contributed by atoms with van der Waals surface area (Å²) < 4.78 is 13.1. The lowest BCUT2D eigenvalue weighted by atomic mass is 10.0. The van der Waals surface area contributed by atoms with E-state index in [1.54, 1.807) is 18.2 Å². The van der Waals surface area contributed by atoms with Gasteiger partial charge in [0.1, 0.15) is 10.8 Å². The summed E-state index contributed by atoms with van der Waals surface area (Å²) in [5.74, 6) is -0.729. The van der Waals surface area contributed by atoms with Crippen LogP contribution in [0.5, 0.6) is 0 Å². The third-order valence-corrected chi connectivity index (χ3v) is 6.66. The van der Waals surface area contributed by atoms with Gasteiger partial charge in [0.25, 0.3) is 0 Å². The minimum Gasteiger partial charge on any atom is -0.349 e. The summed E-state index contributed by atoms with van der Waals surface area (Å²) in [6.07, 6.45) is 7.50. The summed E-state index contributed by atoms with van der Waals surface area (Å²) >= 11 is 1.20. The Bertz CT molecular complexity index is 1140. The highest BCUT2D eigenvalue weighted by atomic mass is 32.1. The predicted octanol–water partition coefficient (Wildman–Crippen LogP) is 4.10. The molecule has 0 spiro atoms. The molecular weight excluding hydrogens is 465 g/mol. The molecule has 2 heterocycles. The number of halogens is 1. The van der Waals surface area contributed by atoms with Crippen molar-refractivity contribution in [2.75, 3.05) is 11.9 Å². The molecule has 2 amide bonds. The van der Waals surface area contributed by atoms with E-state index in [2.05, 4.69) is 26.1 Å². The summed E-state index contributed by atoms with van der Waals surface area (Å²) in [4.78, 5) is 25.3. The first-order valence-electron chi connectivity index (χ1n) is 11.7. The summed E-state index contributed by atoms with van der Waals surface area (Å²) in [6, 6.07) is 15.5. The van der Waals surface area contributed by atoms with E-state index < -0.39 is 0 Å². The number of aryl methyl sites for hydroxylation is 1. The first-order valence-corrected chi connectivity index (χ1v) is 12.5. The fourth-order valence-electron chi connectivity index (χ4n) is 3.88. The Morgan fingerprint density at radius 3 is 2.66 bits per heavy atom. The van der Waals surface area contributed by atoms with Gasteiger partial charge in [-0.2, -0.15) is 0 Å². The summed E-state index contributed by atoms with van der Waals surface area (Å²) in [5.41, 5.74) is 1.89. The zero-order valence-corrected chi connectivity index (χ0v) is 20.1. The lowest BCUT2D eigenvalue weighted by Crippen LogP contribution is -2.49. The number of piperidine rings is 1. The second-order valence-corrected chi connectivity index (χ2v) is 9.39. The van der Waals surface area contributed by atoms with Gasteiger partial charge >= 0.3 is 0 Å². The third kappa shape index (κ3) is 7.53. The highest BCUT2D eigenvalue weighted by Crippen LogP contribution is 2.26. The molecule has 1 fully saturated rings. The summed E-state index contributed by atoms with van der Waals surface area (Å²) in [6.45, 7) is 0.840. The van der Waals surface area contributed by atoms with E-state index in [0.29, 0.717) is 16.6 Å². The molecule has 182 valence electrons. The number of rotatable bonds is 9. The lowest BCUT2D eigenvalue weighted by molar-refractivity contribution is -0.124. The molecule has 4 rings (SSSR count). The van der Waals surface area contributed by atoms with E-state index in [4.69, 9.17) is 0 Å². The van der Waals surface area contributed by atoms with Crippen molar-refractivity contribution in [2.24, 2.45) is 0 Å². The first-order chi connectivity index (χ1) is 17.1. The number of benzene rings is 2. The van der Waals surface area contributed by atoms with Crippen molar-refractivity contribution in [3.05, 3.63) is 78.1 Å². The zero-order chi connectivity index (χ0) is 24.5. The second kappa shape index (κ2) is 12.3. The topological polar surface area (TPSA) is 96.0 Å². The van der Waals surface area contributed by atoms with Gasteiger partial charge in [-0.1, -0.05) is 54.2 Å². The minimum absolute atomic E-state index is 0.0408. The molecule has 2 aromatic carbocycles. The maximum absolute atomic E-state index is 13.1. The molecule has 2 atom stereocenters. The quantitative estimate of drug-likeness (QED) is 0.390. The Kier molecular flexibility index (Phi) is 8.69. The molecule has 9 heteroatoms. The van der Waals surface area contributed by atoms with Gasteiger partial charge in [-0.3, -0.25) is 14.9 Å². The van der Waals surface area contributed by atoms with E-state index in [9.17, 15) is 14.0 Å². The normalized spacial score (nSPS) is 16.7. The Morgan fingerprint density at radius 1 is 1.11 bits per heavy atom. The molecule has 3 aromatic rings. The molecule has 1 aromatic heterocycles. The van der Waals surface area contributed by atoms with Gasteiger partial charge in [0, 0.05) is 17.7 Å². The number of nitrogens with zero attached hydrogens (tertiary/aromatic N) is 2. The fraction of sp³-hybridized carbons (Fsp3) is 0.308. The van der Waals surface area contributed by atoms with E-state index in [1.165, 1.54) is 35.1 Å². The van der Waals surface area contributed by atoms with Crippen molar-refractivity contribution in [1.82, 2.24) is 20.8 Å². The van der Waals surface area contributed by atoms with Crippen LogP contribution in [0.2, 0.25) is 0 Å². The van der Waals surface area contributed by atoms with E-state index >= 15 is 0 Å². The molecule has 0 bridgehead atoms. The molecule has 1 saturated heterocycles. The van der Waals surface area contributed by atoms with Crippen molar-refractivity contribution in [3.63, 3.8) is 0 Å². The van der Waals surface area contributed by atoms with E-state index in [0.717, 1.165) is 37.8 Å². The summed E-state index contributed by atoms with van der Waals surface area (Å²) in [7, 11) is 0. The van der Waals surface area contributed by atoms with Crippen LogP contribution in [0.25, 0.3) is 10.6 Å². The Balaban J connectivity index is 1.37. The maximum atomic E-state index is 13.1. The molecule has 0 saturated carbocycles. The Hall–Kier alpha value is -3.43. The molecule has 0 unspecified atom stereocenters. The number of hydrogen-bond acceptors (Lipinski definition) is 6. The number of aromatic nitrogens is 2. The number of carbonyl (C=O) groups excluding carboxylic acids is 2. The van der Waals surface area contributed by atoms with Crippen LogP contribution in [0.3, 0.4) is 0 Å². The molecule has 35 heavy (non-hydrogen) atoms. The molecule has 1 aliphatic heterocycles. The largest absolute Gasteiger partial charge is 0.349 e. The van der Waals surface area contributed by atoms with Gasteiger partial charge in [0.15, 0.2) is 0 Å². The van der Waals surface area contributed by atoms with Gasteiger partial charge in [0.05, 0.1) is 6.04 Å². The van der Waals surface area contributed by atoms with Crippen molar-refractivity contribution >= 4 is 28.3 Å². The Labute approximate surface area is 207 Å². The SMILES string of the molecule is O=C(/C=C/[C@H](CCc1ccccc1)NC(=O)[C@@H]1CCCCN1)Nc1nnc(-c2ccc(F)cc2)s1. The number of amides is 2. The molecular formula is C26H28FN5O2S. The van der Waals surface area contributed by atoms with Crippen LogP contribution in [-0.2, 0) is 16.0 Å². The van der Waals surface area contributed by atoms with Gasteiger partial charge in [0.2, 0.25) is 16.9 Å². The van der Waals surface area contributed by atoms with Crippen LogP contribution in [0, 0.1) is 5.82 Å².